The van der Waals surface area contributed by atoms with Crippen molar-refractivity contribution in [2.24, 2.45) is 5.92 Å². The van der Waals surface area contributed by atoms with E-state index in [4.69, 9.17) is 14.7 Å². The van der Waals surface area contributed by atoms with Gasteiger partial charge in [0.1, 0.15) is 6.07 Å². The number of nitriles is 1. The predicted octanol–water partition coefficient (Wildman–Crippen LogP) is 1.44. The monoisotopic (exact) mass is 470 g/mol. The number of nitrogens with zero attached hydrogens (tertiary/aromatic N) is 2. The highest BCUT2D eigenvalue weighted by atomic mass is 32.2. The second-order valence-electron chi connectivity index (χ2n) is 7.64. The lowest BCUT2D eigenvalue weighted by molar-refractivity contribution is -0.133. The van der Waals surface area contributed by atoms with Crippen LogP contribution in [0.4, 0.5) is 5.69 Å². The third-order valence-electron chi connectivity index (χ3n) is 5.57. The Bertz CT molecular complexity index is 1220. The molecule has 172 valence electrons. The number of nitrogens with one attached hydrogen (secondary N) is 2. The molecule has 0 aromatic heterocycles. The number of hydrogen-bond acceptors (Lipinski definition) is 7. The first kappa shape index (κ1) is 22.6. The number of amides is 2. The normalized spacial score (nSPS) is 15.7. The molecule has 2 aliphatic rings. The van der Waals surface area contributed by atoms with E-state index in [9.17, 15) is 18.0 Å². The quantitative estimate of drug-likeness (QED) is 0.652. The van der Waals surface area contributed by atoms with Crippen LogP contribution in [0.2, 0.25) is 0 Å². The molecule has 2 aliphatic heterocycles. The van der Waals surface area contributed by atoms with Gasteiger partial charge in [-0.1, -0.05) is 12.1 Å². The van der Waals surface area contributed by atoms with Crippen molar-refractivity contribution in [3.05, 3.63) is 48.0 Å². The van der Waals surface area contributed by atoms with E-state index in [0.717, 1.165) is 0 Å². The van der Waals surface area contributed by atoms with Crippen LogP contribution >= 0.6 is 0 Å². The molecule has 0 radical (unpaired) electrons. The van der Waals surface area contributed by atoms with E-state index >= 15 is 0 Å². The first-order valence-electron chi connectivity index (χ1n) is 10.3. The highest BCUT2D eigenvalue weighted by molar-refractivity contribution is 7.89. The molecular weight excluding hydrogens is 448 g/mol. The van der Waals surface area contributed by atoms with Gasteiger partial charge in [-0.25, -0.2) is 13.1 Å². The van der Waals surface area contributed by atoms with Gasteiger partial charge in [-0.3, -0.25) is 9.59 Å². The zero-order valence-electron chi connectivity index (χ0n) is 17.6. The Kier molecular flexibility index (Phi) is 6.48. The number of likely N-dealkylation sites (tertiary alicyclic amines) is 1. The van der Waals surface area contributed by atoms with Crippen LogP contribution in [0.3, 0.4) is 0 Å². The second-order valence-corrected chi connectivity index (χ2v) is 9.38. The molecule has 33 heavy (non-hydrogen) atoms. The molecule has 0 spiro atoms. The first-order chi connectivity index (χ1) is 15.9. The number of carbonyl (C=O) groups is 2. The maximum absolute atomic E-state index is 12.6. The number of anilines is 1. The van der Waals surface area contributed by atoms with Crippen molar-refractivity contribution in [2.75, 3.05) is 31.7 Å². The van der Waals surface area contributed by atoms with E-state index in [2.05, 4.69) is 10.0 Å². The molecule has 1 saturated heterocycles. The molecule has 11 heteroatoms. The summed E-state index contributed by atoms with van der Waals surface area (Å²) in [6.07, 6.45) is 0.929. The van der Waals surface area contributed by atoms with Crippen LogP contribution in [0.1, 0.15) is 18.4 Å². The average Bonchev–Trinajstić information content (AvgIpc) is 3.30. The summed E-state index contributed by atoms with van der Waals surface area (Å²) in [4.78, 5) is 26.5. The van der Waals surface area contributed by atoms with Crippen LogP contribution in [0.5, 0.6) is 11.5 Å². The van der Waals surface area contributed by atoms with Gasteiger partial charge in [0, 0.05) is 30.8 Å². The van der Waals surface area contributed by atoms with E-state index in [0.29, 0.717) is 43.1 Å². The summed E-state index contributed by atoms with van der Waals surface area (Å²) < 4.78 is 37.8. The summed E-state index contributed by atoms with van der Waals surface area (Å²) >= 11 is 0. The minimum Gasteiger partial charge on any atom is -0.454 e. The fourth-order valence-corrected chi connectivity index (χ4v) is 4.88. The summed E-state index contributed by atoms with van der Waals surface area (Å²) in [5.74, 6) is 0.413. The largest absolute Gasteiger partial charge is 0.454 e. The Morgan fingerprint density at radius 2 is 1.82 bits per heavy atom. The lowest BCUT2D eigenvalue weighted by atomic mass is 9.95. The Hall–Kier alpha value is -3.62. The minimum absolute atomic E-state index is 0.00624. The highest BCUT2D eigenvalue weighted by Gasteiger charge is 2.28. The number of fused-ring (bicyclic) bond motifs is 1. The van der Waals surface area contributed by atoms with Crippen molar-refractivity contribution in [3.63, 3.8) is 0 Å². The molecule has 2 amide bonds. The summed E-state index contributed by atoms with van der Waals surface area (Å²) in [5, 5.41) is 12.0. The molecule has 1 fully saturated rings. The van der Waals surface area contributed by atoms with Gasteiger partial charge in [-0.15, -0.1) is 0 Å². The van der Waals surface area contributed by atoms with Gasteiger partial charge in [0.05, 0.1) is 17.0 Å². The van der Waals surface area contributed by atoms with Gasteiger partial charge in [0.25, 0.3) is 0 Å². The second kappa shape index (κ2) is 9.48. The van der Waals surface area contributed by atoms with E-state index in [1.807, 2.05) is 6.07 Å². The molecule has 2 aromatic rings. The van der Waals surface area contributed by atoms with E-state index in [-0.39, 0.29) is 35.0 Å². The van der Waals surface area contributed by atoms with Crippen molar-refractivity contribution >= 4 is 27.5 Å². The molecular formula is C22H22N4O6S. The number of benzene rings is 2. The maximum atomic E-state index is 12.6. The van der Waals surface area contributed by atoms with Crippen molar-refractivity contribution in [3.8, 4) is 17.6 Å². The Morgan fingerprint density at radius 3 is 2.58 bits per heavy atom. The smallest absolute Gasteiger partial charge is 0.242 e. The zero-order chi connectivity index (χ0) is 23.4. The van der Waals surface area contributed by atoms with E-state index in [1.165, 1.54) is 23.1 Å². The summed E-state index contributed by atoms with van der Waals surface area (Å²) in [7, 11) is -4.00. The fraction of sp³-hybridized carbons (Fsp3) is 0.318. The van der Waals surface area contributed by atoms with Crippen LogP contribution in [-0.2, 0) is 19.6 Å². The number of ether oxygens (including phenoxy) is 2. The Balaban J connectivity index is 1.27. The number of sulfonamides is 1. The number of hydrogen-bond donors (Lipinski definition) is 2. The van der Waals surface area contributed by atoms with Gasteiger partial charge in [-0.2, -0.15) is 5.26 Å². The summed E-state index contributed by atoms with van der Waals surface area (Å²) in [5.41, 5.74) is 0.613. The van der Waals surface area contributed by atoms with Crippen molar-refractivity contribution < 1.29 is 27.5 Å². The van der Waals surface area contributed by atoms with Gasteiger partial charge < -0.3 is 19.7 Å². The third-order valence-corrected chi connectivity index (χ3v) is 7.03. The van der Waals surface area contributed by atoms with E-state index in [1.54, 1.807) is 24.3 Å². The fourth-order valence-electron chi connectivity index (χ4n) is 3.75. The zero-order valence-corrected chi connectivity index (χ0v) is 18.4. The summed E-state index contributed by atoms with van der Waals surface area (Å²) in [6, 6.07) is 12.8. The first-order valence-corrected chi connectivity index (χ1v) is 11.8. The van der Waals surface area contributed by atoms with Gasteiger partial charge in [0.2, 0.25) is 28.6 Å². The molecule has 2 aromatic carbocycles. The molecule has 2 heterocycles. The molecule has 2 N–H and O–H groups in total. The van der Waals surface area contributed by atoms with Crippen LogP contribution in [0.25, 0.3) is 0 Å². The summed E-state index contributed by atoms with van der Waals surface area (Å²) in [6.45, 7) is 0.416. The van der Waals surface area contributed by atoms with Gasteiger partial charge in [-0.05, 0) is 37.1 Å². The molecule has 10 nitrogen and oxygen atoms in total. The SMILES string of the molecule is N#Cc1ccccc1S(=O)(=O)NCC(=O)N1CCC(C(=O)Nc2ccc3c(c2)OCO3)CC1. The van der Waals surface area contributed by atoms with Gasteiger partial charge >= 0.3 is 0 Å². The molecule has 0 atom stereocenters. The Morgan fingerprint density at radius 1 is 1.09 bits per heavy atom. The number of piperidine rings is 1. The lowest BCUT2D eigenvalue weighted by Gasteiger charge is -2.31. The molecule has 0 saturated carbocycles. The van der Waals surface area contributed by atoms with Crippen LogP contribution < -0.4 is 19.5 Å². The molecule has 4 rings (SSSR count). The van der Waals surface area contributed by atoms with Gasteiger partial charge in [0.15, 0.2) is 11.5 Å². The van der Waals surface area contributed by atoms with E-state index < -0.39 is 16.6 Å². The molecule has 0 bridgehead atoms. The molecule has 0 aliphatic carbocycles. The number of carbonyl (C=O) groups excluding carboxylic acids is 2. The molecule has 0 unspecified atom stereocenters. The van der Waals surface area contributed by atoms with Crippen LogP contribution in [-0.4, -0.2) is 51.6 Å². The lowest BCUT2D eigenvalue weighted by Crippen LogP contribution is -2.45. The van der Waals surface area contributed by atoms with Crippen molar-refractivity contribution in [1.29, 1.82) is 5.26 Å². The van der Waals surface area contributed by atoms with Crippen molar-refractivity contribution in [1.82, 2.24) is 9.62 Å². The minimum atomic E-state index is -4.00. The predicted molar refractivity (Wildman–Crippen MR) is 117 cm³/mol. The average molecular weight is 471 g/mol. The van der Waals surface area contributed by atoms with Crippen molar-refractivity contribution in [2.45, 2.75) is 17.7 Å². The van der Waals surface area contributed by atoms with Crippen LogP contribution in [0, 0.1) is 17.2 Å². The number of rotatable bonds is 6. The third kappa shape index (κ3) is 5.08. The topological polar surface area (TPSA) is 138 Å². The maximum Gasteiger partial charge on any atom is 0.242 e. The standard InChI is InChI=1S/C22H22N4O6S/c23-12-16-3-1-2-4-20(16)33(29,30)24-13-21(27)26-9-7-15(8-10-26)22(28)25-17-5-6-18-19(11-17)32-14-31-18/h1-6,11,15,24H,7-10,13-14H2,(H,25,28). The van der Waals surface area contributed by atoms with Crippen LogP contribution in [0.15, 0.2) is 47.4 Å². The highest BCUT2D eigenvalue weighted by Crippen LogP contribution is 2.34. The Labute approximate surface area is 191 Å².